The van der Waals surface area contributed by atoms with E-state index in [1.807, 2.05) is 7.05 Å². The van der Waals surface area contributed by atoms with Crippen molar-refractivity contribution in [3.8, 4) is 5.75 Å². The Morgan fingerprint density at radius 3 is 2.47 bits per heavy atom. The molecule has 1 aromatic rings. The number of carbonyl (C=O) groups is 1. The van der Waals surface area contributed by atoms with E-state index in [1.165, 1.54) is 0 Å². The van der Waals surface area contributed by atoms with Gasteiger partial charge in [0.15, 0.2) is 5.78 Å². The van der Waals surface area contributed by atoms with E-state index in [2.05, 4.69) is 25.7 Å². The monoisotopic (exact) mass is 283 g/mol. The first-order valence-corrected chi connectivity index (χ1v) is 6.81. The van der Waals surface area contributed by atoms with Gasteiger partial charge in [0.25, 0.3) is 0 Å². The SMILES string of the molecule is COc1ccc(C(=O)CN(C)C(C)C(C)C)cc1Cl. The molecule has 106 valence electrons. The Balaban J connectivity index is 2.76. The van der Waals surface area contributed by atoms with Gasteiger partial charge in [-0.2, -0.15) is 0 Å². The summed E-state index contributed by atoms with van der Waals surface area (Å²) in [7, 11) is 3.52. The molecule has 0 amide bonds. The van der Waals surface area contributed by atoms with Crippen LogP contribution in [0.25, 0.3) is 0 Å². The highest BCUT2D eigenvalue weighted by molar-refractivity contribution is 6.32. The normalized spacial score (nSPS) is 12.8. The summed E-state index contributed by atoms with van der Waals surface area (Å²) >= 11 is 6.03. The summed E-state index contributed by atoms with van der Waals surface area (Å²) in [6, 6.07) is 5.50. The van der Waals surface area contributed by atoms with E-state index in [9.17, 15) is 4.79 Å². The number of hydrogen-bond donors (Lipinski definition) is 0. The number of ether oxygens (including phenoxy) is 1. The van der Waals surface area contributed by atoms with E-state index in [4.69, 9.17) is 16.3 Å². The van der Waals surface area contributed by atoms with Crippen LogP contribution in [0, 0.1) is 5.92 Å². The fourth-order valence-corrected chi connectivity index (χ4v) is 2.07. The molecule has 1 aromatic carbocycles. The van der Waals surface area contributed by atoms with Gasteiger partial charge in [0.2, 0.25) is 0 Å². The van der Waals surface area contributed by atoms with Gasteiger partial charge in [0, 0.05) is 11.6 Å². The highest BCUT2D eigenvalue weighted by Gasteiger charge is 2.17. The van der Waals surface area contributed by atoms with Crippen molar-refractivity contribution in [1.82, 2.24) is 4.90 Å². The van der Waals surface area contributed by atoms with E-state index in [-0.39, 0.29) is 5.78 Å². The molecule has 0 saturated carbocycles. The minimum Gasteiger partial charge on any atom is -0.495 e. The molecule has 1 atom stereocenters. The van der Waals surface area contributed by atoms with Crippen molar-refractivity contribution in [3.05, 3.63) is 28.8 Å². The van der Waals surface area contributed by atoms with Crippen molar-refractivity contribution < 1.29 is 9.53 Å². The van der Waals surface area contributed by atoms with Crippen LogP contribution in [0.4, 0.5) is 0 Å². The molecule has 0 aromatic heterocycles. The third-order valence-corrected chi connectivity index (χ3v) is 3.82. The minimum absolute atomic E-state index is 0.0690. The van der Waals surface area contributed by atoms with Crippen molar-refractivity contribution in [2.75, 3.05) is 20.7 Å². The number of halogens is 1. The molecule has 0 N–H and O–H groups in total. The molecule has 3 nitrogen and oxygen atoms in total. The summed E-state index contributed by atoms with van der Waals surface area (Å²) in [6.07, 6.45) is 0. The first-order valence-electron chi connectivity index (χ1n) is 6.43. The Morgan fingerprint density at radius 1 is 1.37 bits per heavy atom. The van der Waals surface area contributed by atoms with Gasteiger partial charge in [0.1, 0.15) is 5.75 Å². The van der Waals surface area contributed by atoms with Crippen LogP contribution in [0.15, 0.2) is 18.2 Å². The average Bonchev–Trinajstić information content (AvgIpc) is 2.37. The topological polar surface area (TPSA) is 29.5 Å². The highest BCUT2D eigenvalue weighted by atomic mass is 35.5. The Morgan fingerprint density at radius 2 is 2.00 bits per heavy atom. The van der Waals surface area contributed by atoms with Crippen molar-refractivity contribution in [1.29, 1.82) is 0 Å². The van der Waals surface area contributed by atoms with E-state index >= 15 is 0 Å². The molecule has 0 saturated heterocycles. The second kappa shape index (κ2) is 6.92. The molecule has 4 heteroatoms. The Bertz CT molecular complexity index is 446. The molecule has 0 bridgehead atoms. The van der Waals surface area contributed by atoms with Gasteiger partial charge in [-0.25, -0.2) is 0 Å². The minimum atomic E-state index is 0.0690. The third-order valence-electron chi connectivity index (χ3n) is 3.53. The maximum absolute atomic E-state index is 12.2. The van der Waals surface area contributed by atoms with Crippen LogP contribution in [0.3, 0.4) is 0 Å². The Hall–Kier alpha value is -1.06. The number of nitrogens with zero attached hydrogens (tertiary/aromatic N) is 1. The fourth-order valence-electron chi connectivity index (χ4n) is 1.81. The van der Waals surface area contributed by atoms with Gasteiger partial charge >= 0.3 is 0 Å². The van der Waals surface area contributed by atoms with Crippen LogP contribution < -0.4 is 4.74 Å². The number of methoxy groups -OCH3 is 1. The molecule has 0 radical (unpaired) electrons. The lowest BCUT2D eigenvalue weighted by Gasteiger charge is -2.27. The number of rotatable bonds is 6. The zero-order valence-corrected chi connectivity index (χ0v) is 13.0. The number of ketones is 1. The predicted molar refractivity (Wildman–Crippen MR) is 79.3 cm³/mol. The number of carbonyl (C=O) groups excluding carboxylic acids is 1. The molecule has 0 aliphatic carbocycles. The molecular weight excluding hydrogens is 262 g/mol. The number of Topliss-reactive ketones (excluding diaryl/α,β-unsaturated/α-hetero) is 1. The van der Waals surface area contributed by atoms with Gasteiger partial charge in [0.05, 0.1) is 18.7 Å². The number of likely N-dealkylation sites (N-methyl/N-ethyl adjacent to an activating group) is 1. The summed E-state index contributed by atoms with van der Waals surface area (Å²) in [5.74, 6) is 1.17. The van der Waals surface area contributed by atoms with Crippen LogP contribution in [-0.4, -0.2) is 37.4 Å². The van der Waals surface area contributed by atoms with E-state index in [0.29, 0.717) is 34.8 Å². The van der Waals surface area contributed by atoms with Crippen molar-refractivity contribution >= 4 is 17.4 Å². The molecular formula is C15H22ClNO2. The van der Waals surface area contributed by atoms with E-state index in [1.54, 1.807) is 25.3 Å². The molecule has 1 rings (SSSR count). The molecule has 0 heterocycles. The molecule has 0 spiro atoms. The average molecular weight is 284 g/mol. The van der Waals surface area contributed by atoms with Crippen LogP contribution in [0.5, 0.6) is 5.75 Å². The Kier molecular flexibility index (Phi) is 5.83. The van der Waals surface area contributed by atoms with Gasteiger partial charge in [-0.15, -0.1) is 0 Å². The standard InChI is InChI=1S/C15H22ClNO2/c1-10(2)11(3)17(4)9-14(18)12-6-7-15(19-5)13(16)8-12/h6-8,10-11H,9H2,1-5H3. The number of hydrogen-bond acceptors (Lipinski definition) is 3. The van der Waals surface area contributed by atoms with Gasteiger partial charge in [-0.05, 0) is 38.1 Å². The molecule has 0 aliphatic rings. The first kappa shape index (κ1) is 16.0. The van der Waals surface area contributed by atoms with Crippen molar-refractivity contribution in [3.63, 3.8) is 0 Å². The molecule has 0 fully saturated rings. The third kappa shape index (κ3) is 4.22. The second-order valence-electron chi connectivity index (χ2n) is 5.17. The number of benzene rings is 1. The molecule has 1 unspecified atom stereocenters. The lowest BCUT2D eigenvalue weighted by Crippen LogP contribution is -2.37. The Labute approximate surface area is 120 Å². The van der Waals surface area contributed by atoms with Crippen molar-refractivity contribution in [2.24, 2.45) is 5.92 Å². The quantitative estimate of drug-likeness (QED) is 0.748. The van der Waals surface area contributed by atoms with Crippen molar-refractivity contribution in [2.45, 2.75) is 26.8 Å². The van der Waals surface area contributed by atoms with E-state index < -0.39 is 0 Å². The maximum Gasteiger partial charge on any atom is 0.176 e. The predicted octanol–water partition coefficient (Wildman–Crippen LogP) is 3.51. The highest BCUT2D eigenvalue weighted by Crippen LogP contribution is 2.25. The fraction of sp³-hybridized carbons (Fsp3) is 0.533. The smallest absolute Gasteiger partial charge is 0.176 e. The van der Waals surface area contributed by atoms with Crippen LogP contribution in [0.1, 0.15) is 31.1 Å². The van der Waals surface area contributed by atoms with E-state index in [0.717, 1.165) is 0 Å². The van der Waals surface area contributed by atoms with Crippen LogP contribution >= 0.6 is 11.6 Å². The summed E-state index contributed by atoms with van der Waals surface area (Å²) in [4.78, 5) is 14.3. The van der Waals surface area contributed by atoms with Gasteiger partial charge < -0.3 is 4.74 Å². The van der Waals surface area contributed by atoms with Crippen LogP contribution in [-0.2, 0) is 0 Å². The first-order chi connectivity index (χ1) is 8.86. The maximum atomic E-state index is 12.2. The van der Waals surface area contributed by atoms with Gasteiger partial charge in [-0.1, -0.05) is 25.4 Å². The zero-order chi connectivity index (χ0) is 14.6. The lowest BCUT2D eigenvalue weighted by atomic mass is 10.0. The molecule has 0 aliphatic heterocycles. The van der Waals surface area contributed by atoms with Crippen LogP contribution in [0.2, 0.25) is 5.02 Å². The zero-order valence-electron chi connectivity index (χ0n) is 12.2. The molecule has 19 heavy (non-hydrogen) atoms. The second-order valence-corrected chi connectivity index (χ2v) is 5.58. The largest absolute Gasteiger partial charge is 0.495 e. The summed E-state index contributed by atoms with van der Waals surface area (Å²) < 4.78 is 5.08. The summed E-state index contributed by atoms with van der Waals surface area (Å²) in [5.41, 5.74) is 0.619. The lowest BCUT2D eigenvalue weighted by molar-refractivity contribution is 0.0907. The summed E-state index contributed by atoms with van der Waals surface area (Å²) in [5, 5.41) is 0.466. The van der Waals surface area contributed by atoms with Gasteiger partial charge in [-0.3, -0.25) is 9.69 Å². The summed E-state index contributed by atoms with van der Waals surface area (Å²) in [6.45, 7) is 6.81.